The summed E-state index contributed by atoms with van der Waals surface area (Å²) in [5.74, 6) is 0.0204. The second-order valence-corrected chi connectivity index (χ2v) is 25.5. The van der Waals surface area contributed by atoms with Crippen molar-refractivity contribution in [2.45, 2.75) is 425 Å². The van der Waals surface area contributed by atoms with E-state index < -0.39 is 18.2 Å². The normalized spacial score (nSPS) is 13.3. The van der Waals surface area contributed by atoms with Crippen LogP contribution in [0.25, 0.3) is 0 Å². The Kier molecular flexibility index (Phi) is 73.1. The van der Waals surface area contributed by atoms with Crippen LogP contribution >= 0.6 is 0 Å². The van der Waals surface area contributed by atoms with Gasteiger partial charge in [-0.2, -0.15) is 0 Å². The van der Waals surface area contributed by atoms with Crippen LogP contribution in [-0.4, -0.2) is 58.0 Å². The van der Waals surface area contributed by atoms with Gasteiger partial charge in [-0.15, -0.1) is 0 Å². The molecule has 0 aliphatic heterocycles. The largest absolute Gasteiger partial charge is 0.394 e. The van der Waals surface area contributed by atoms with Crippen LogP contribution in [0.5, 0.6) is 0 Å². The van der Waals surface area contributed by atoms with Gasteiger partial charge in [0.05, 0.1) is 30.9 Å². The summed E-state index contributed by atoms with van der Waals surface area (Å²) < 4.78 is 0. The second-order valence-electron chi connectivity index (χ2n) is 25.5. The van der Waals surface area contributed by atoms with Crippen LogP contribution in [-0.2, 0) is 9.59 Å². The molecule has 0 aliphatic rings. The van der Waals surface area contributed by atoms with Gasteiger partial charge in [0, 0.05) is 12.8 Å². The first-order chi connectivity index (χ1) is 41.3. The van der Waals surface area contributed by atoms with Crippen LogP contribution in [0.1, 0.15) is 401 Å². The van der Waals surface area contributed by atoms with Crippen molar-refractivity contribution in [3.05, 3.63) is 48.6 Å². The maximum absolute atomic E-state index is 12.4. The highest BCUT2D eigenvalue weighted by Gasteiger charge is 2.19. The molecule has 2 amide bonds. The van der Waals surface area contributed by atoms with Gasteiger partial charge in [-0.25, -0.2) is 0 Å². The molecule has 7 nitrogen and oxygen atoms in total. The summed E-state index contributed by atoms with van der Waals surface area (Å²) in [5, 5.41) is 36.5. The molecule has 496 valence electrons. The van der Waals surface area contributed by atoms with E-state index in [0.717, 1.165) is 51.4 Å². The van der Waals surface area contributed by atoms with Gasteiger partial charge in [0.2, 0.25) is 11.8 Å². The van der Waals surface area contributed by atoms with Crippen LogP contribution in [0, 0.1) is 0 Å². The molecule has 0 aromatic carbocycles. The van der Waals surface area contributed by atoms with E-state index in [4.69, 9.17) is 0 Å². The molecule has 0 aromatic heterocycles. The summed E-state index contributed by atoms with van der Waals surface area (Å²) in [5.41, 5.74) is 0. The molecule has 4 atom stereocenters. The molecule has 0 spiro atoms. The lowest BCUT2D eigenvalue weighted by Crippen LogP contribution is -2.45. The quantitative estimate of drug-likeness (QED) is 0.0307. The molecule has 4 unspecified atom stereocenters. The van der Waals surface area contributed by atoms with Gasteiger partial charge in [0.15, 0.2) is 0 Å². The third-order valence-corrected chi connectivity index (χ3v) is 17.1. The predicted octanol–water partition coefficient (Wildman–Crippen LogP) is 23.2. The zero-order chi connectivity index (χ0) is 61.5. The molecule has 0 saturated heterocycles. The Hall–Kier alpha value is -2.22. The summed E-state index contributed by atoms with van der Waals surface area (Å²) in [6.45, 7) is 10.9. The first-order valence-electron chi connectivity index (χ1n) is 37.5. The number of nitrogens with one attached hydrogen (secondary N) is 2. The predicted molar refractivity (Wildman–Crippen MR) is 371 cm³/mol. The monoisotopic (exact) mass is 1180 g/mol. The minimum Gasteiger partial charge on any atom is -0.394 e. The van der Waals surface area contributed by atoms with E-state index in [1.54, 1.807) is 6.08 Å². The van der Waals surface area contributed by atoms with Gasteiger partial charge in [0.1, 0.15) is 0 Å². The lowest BCUT2D eigenvalue weighted by Gasteiger charge is -2.20. The van der Waals surface area contributed by atoms with E-state index in [1.165, 1.54) is 302 Å². The van der Waals surface area contributed by atoms with Crippen molar-refractivity contribution in [1.29, 1.82) is 0 Å². The standard InChI is InChI=1S/C39H75NO2.C38H73NO3/c1-4-7-9-11-13-15-17-19-20-21-22-24-26-28-30-32-34-36-39(42)40-37(6-3)38(41)35-33-31-29-27-25-23-18-16-14-12-10-8-5-2;1-3-5-7-9-11-13-15-17-18-19-20-22-24-26-28-30-32-34-38(42)39-36(35-40)37(41)33-31-29-27-25-23-21-16-14-12-10-8-6-4-2/h19-20,33,35,37-38,41H,4-18,21-32,34,36H2,1-3H3,(H,40,42);17-18,31,33,36-37,40-41H,3-16,19-30,32,34-35H2,1-2H3,(H,39,42)/b20-19-,35-33-;18-17-,33-31-. The van der Waals surface area contributed by atoms with Crippen LogP contribution in [0.3, 0.4) is 0 Å². The Morgan fingerprint density at radius 1 is 0.286 bits per heavy atom. The number of amides is 2. The number of rotatable bonds is 66. The fourth-order valence-corrected chi connectivity index (χ4v) is 11.2. The fraction of sp³-hybridized carbons (Fsp3) is 0.870. The Morgan fingerprint density at radius 3 is 0.726 bits per heavy atom. The molecule has 0 fully saturated rings. The molecule has 0 saturated carbocycles. The van der Waals surface area contributed by atoms with Crippen molar-refractivity contribution < 1.29 is 24.9 Å². The topological polar surface area (TPSA) is 119 Å². The number of hydrogen-bond donors (Lipinski definition) is 5. The number of aliphatic hydroxyl groups excluding tert-OH is 3. The zero-order valence-corrected chi connectivity index (χ0v) is 57.1. The van der Waals surface area contributed by atoms with Crippen LogP contribution in [0.2, 0.25) is 0 Å². The number of unbranched alkanes of at least 4 members (excludes halogenated alkanes) is 48. The third kappa shape index (κ3) is 67.3. The number of allylic oxidation sites excluding steroid dienone is 6. The average Bonchev–Trinajstić information content (AvgIpc) is 3.54. The summed E-state index contributed by atoms with van der Waals surface area (Å²) in [7, 11) is 0. The Labute approximate surface area is 525 Å². The van der Waals surface area contributed by atoms with Gasteiger partial charge in [-0.3, -0.25) is 9.59 Å². The molecule has 0 heterocycles. The molecule has 0 aliphatic carbocycles. The number of carbonyl (C=O) groups is 2. The molecule has 0 rings (SSSR count). The molecular formula is C77H148N2O5. The lowest BCUT2D eigenvalue weighted by atomic mass is 10.0. The lowest BCUT2D eigenvalue weighted by molar-refractivity contribution is -0.123. The van der Waals surface area contributed by atoms with Crippen molar-refractivity contribution >= 4 is 11.8 Å². The smallest absolute Gasteiger partial charge is 0.220 e. The molecule has 5 N–H and O–H groups in total. The summed E-state index contributed by atoms with van der Waals surface area (Å²) in [6, 6.07) is -0.795. The van der Waals surface area contributed by atoms with Crippen molar-refractivity contribution in [3.8, 4) is 0 Å². The maximum atomic E-state index is 12.4. The number of hydrogen-bond acceptors (Lipinski definition) is 5. The van der Waals surface area contributed by atoms with E-state index in [2.05, 4.69) is 68.7 Å². The SMILES string of the molecule is CCCCCCCC/C=C\CCCCCCCCCC(=O)NC(CC)C(O)/C=C\CCCCCCCCCCCCC.CCCCCCCC/C=C\CCCCCCCCCC(=O)NC(CO)C(O)/C=C\CCCCCCCCCCCCC. The molecule has 84 heavy (non-hydrogen) atoms. The number of carbonyl (C=O) groups excluding carboxylic acids is 2. The van der Waals surface area contributed by atoms with Gasteiger partial charge in [-0.05, 0) is 96.3 Å². The second kappa shape index (κ2) is 73.3. The number of aliphatic hydroxyl groups is 3. The van der Waals surface area contributed by atoms with Crippen molar-refractivity contribution in [2.75, 3.05) is 6.61 Å². The molecule has 7 heteroatoms. The van der Waals surface area contributed by atoms with Crippen LogP contribution in [0.15, 0.2) is 48.6 Å². The van der Waals surface area contributed by atoms with Gasteiger partial charge < -0.3 is 26.0 Å². The van der Waals surface area contributed by atoms with E-state index >= 15 is 0 Å². The highest BCUT2D eigenvalue weighted by atomic mass is 16.3. The minimum absolute atomic E-state index is 0.0698. The summed E-state index contributed by atoms with van der Waals surface area (Å²) >= 11 is 0. The van der Waals surface area contributed by atoms with E-state index in [0.29, 0.717) is 12.8 Å². The maximum Gasteiger partial charge on any atom is 0.220 e. The molecular weight excluding hydrogens is 1030 g/mol. The molecule has 0 radical (unpaired) electrons. The van der Waals surface area contributed by atoms with E-state index in [9.17, 15) is 24.9 Å². The molecule has 0 bridgehead atoms. The summed E-state index contributed by atoms with van der Waals surface area (Å²) in [4.78, 5) is 24.7. The Morgan fingerprint density at radius 2 is 0.488 bits per heavy atom. The highest BCUT2D eigenvalue weighted by molar-refractivity contribution is 5.76. The van der Waals surface area contributed by atoms with Crippen molar-refractivity contribution in [1.82, 2.24) is 10.6 Å². The Balaban J connectivity index is 0. The zero-order valence-electron chi connectivity index (χ0n) is 57.1. The van der Waals surface area contributed by atoms with Crippen LogP contribution in [0.4, 0.5) is 0 Å². The molecule has 0 aromatic rings. The highest BCUT2D eigenvalue weighted by Crippen LogP contribution is 2.17. The van der Waals surface area contributed by atoms with E-state index in [1.807, 2.05) is 19.1 Å². The summed E-state index contributed by atoms with van der Waals surface area (Å²) in [6.07, 6.45) is 87.4. The fourth-order valence-electron chi connectivity index (χ4n) is 11.2. The van der Waals surface area contributed by atoms with Crippen molar-refractivity contribution in [3.63, 3.8) is 0 Å². The van der Waals surface area contributed by atoms with Crippen LogP contribution < -0.4 is 10.6 Å². The third-order valence-electron chi connectivity index (χ3n) is 17.1. The average molecular weight is 1180 g/mol. The van der Waals surface area contributed by atoms with Gasteiger partial charge >= 0.3 is 0 Å². The first kappa shape index (κ1) is 83.8. The minimum atomic E-state index is -0.836. The van der Waals surface area contributed by atoms with Gasteiger partial charge in [-0.1, -0.05) is 340 Å². The van der Waals surface area contributed by atoms with Gasteiger partial charge in [0.25, 0.3) is 0 Å². The first-order valence-corrected chi connectivity index (χ1v) is 37.5. The Bertz CT molecular complexity index is 1310. The van der Waals surface area contributed by atoms with Crippen molar-refractivity contribution in [2.24, 2.45) is 0 Å². The van der Waals surface area contributed by atoms with E-state index in [-0.39, 0.29) is 24.5 Å².